The Kier molecular flexibility index (Phi) is 10.7. The minimum absolute atomic E-state index is 0.0242. The summed E-state index contributed by atoms with van der Waals surface area (Å²) in [7, 11) is -4.24. The first-order valence-electron chi connectivity index (χ1n) is 15.7. The van der Waals surface area contributed by atoms with E-state index in [-0.39, 0.29) is 41.4 Å². The molecule has 0 unspecified atom stereocenters. The average molecular weight is 705 g/mol. The first kappa shape index (κ1) is 35.5. The van der Waals surface area contributed by atoms with Crippen molar-refractivity contribution >= 4 is 39.0 Å². The largest absolute Gasteiger partial charge is 0.451 e. The maximum atomic E-state index is 13.9. The first-order valence-corrected chi connectivity index (χ1v) is 17.3. The third kappa shape index (κ3) is 8.83. The third-order valence-electron chi connectivity index (χ3n) is 8.73. The number of nitriles is 1. The number of aromatic nitrogens is 2. The molecule has 262 valence electrons. The lowest BCUT2D eigenvalue weighted by atomic mass is 9.93. The Labute approximate surface area is 279 Å². The van der Waals surface area contributed by atoms with Gasteiger partial charge in [0.2, 0.25) is 11.7 Å². The van der Waals surface area contributed by atoms with Crippen molar-refractivity contribution in [2.24, 2.45) is 5.92 Å². The summed E-state index contributed by atoms with van der Waals surface area (Å²) in [6.45, 7) is 1.61. The van der Waals surface area contributed by atoms with Gasteiger partial charge < -0.3 is 25.8 Å². The van der Waals surface area contributed by atoms with Crippen molar-refractivity contribution in [1.82, 2.24) is 15.3 Å². The van der Waals surface area contributed by atoms with Crippen LogP contribution in [-0.2, 0) is 27.5 Å². The van der Waals surface area contributed by atoms with Crippen LogP contribution < -0.4 is 36.6 Å². The molecule has 1 aromatic heterocycles. The Morgan fingerprint density at radius 3 is 2.16 bits per heavy atom. The molecule has 2 fully saturated rings. The molecule has 3 heterocycles. The van der Waals surface area contributed by atoms with Gasteiger partial charge in [0.05, 0.1) is 17.4 Å². The van der Waals surface area contributed by atoms with E-state index in [1.54, 1.807) is 34.1 Å². The lowest BCUT2D eigenvalue weighted by molar-refractivity contribution is -0.144. The quantitative estimate of drug-likeness (QED) is 0.140. The van der Waals surface area contributed by atoms with Crippen LogP contribution in [0.3, 0.4) is 0 Å². The van der Waals surface area contributed by atoms with Crippen LogP contribution in [0.25, 0.3) is 0 Å². The van der Waals surface area contributed by atoms with Crippen LogP contribution in [0.5, 0.6) is 0 Å². The van der Waals surface area contributed by atoms with E-state index in [9.17, 15) is 36.0 Å². The fourth-order valence-electron chi connectivity index (χ4n) is 5.87. The van der Waals surface area contributed by atoms with Gasteiger partial charge in [-0.2, -0.15) is 26.9 Å². The molecule has 2 aliphatic rings. The van der Waals surface area contributed by atoms with E-state index in [0.717, 1.165) is 5.56 Å². The Balaban J connectivity index is 1.14. The van der Waals surface area contributed by atoms with Crippen molar-refractivity contribution in [2.75, 3.05) is 65.5 Å². The van der Waals surface area contributed by atoms with E-state index in [1.807, 2.05) is 6.07 Å². The van der Waals surface area contributed by atoms with Crippen LogP contribution in [0.1, 0.15) is 42.6 Å². The lowest BCUT2D eigenvalue weighted by Crippen LogP contribution is -2.57. The van der Waals surface area contributed by atoms with Crippen molar-refractivity contribution in [3.8, 4) is 6.07 Å². The van der Waals surface area contributed by atoms with Crippen molar-refractivity contribution in [3.05, 3.63) is 67.7 Å². The van der Waals surface area contributed by atoms with Crippen LogP contribution in [0.4, 0.5) is 36.2 Å². The summed E-state index contributed by atoms with van der Waals surface area (Å²) >= 11 is 0. The molecule has 18 heteroatoms. The van der Waals surface area contributed by atoms with Gasteiger partial charge in [0.15, 0.2) is 0 Å². The minimum Gasteiger partial charge on any atom is -0.380 e. The molecule has 3 aromatic rings. The van der Waals surface area contributed by atoms with Gasteiger partial charge >= 0.3 is 6.18 Å². The molecule has 0 aliphatic carbocycles. The Morgan fingerprint density at radius 2 is 1.59 bits per heavy atom. The van der Waals surface area contributed by atoms with E-state index in [4.69, 9.17) is 9.81 Å². The summed E-state index contributed by atoms with van der Waals surface area (Å²) in [5.41, 5.74) is -0.0295. The van der Waals surface area contributed by atoms with Gasteiger partial charge in [0.1, 0.15) is 29.1 Å². The summed E-state index contributed by atoms with van der Waals surface area (Å²) in [4.78, 5) is 47.7. The average Bonchev–Trinajstić information content (AvgIpc) is 3.04. The van der Waals surface area contributed by atoms with E-state index >= 15 is 0 Å². The molecule has 0 radical (unpaired) electrons. The lowest BCUT2D eigenvalue weighted by Gasteiger charge is -2.41. The smallest absolute Gasteiger partial charge is 0.380 e. The second-order valence-electron chi connectivity index (χ2n) is 12.0. The van der Waals surface area contributed by atoms with E-state index in [2.05, 4.69) is 25.9 Å². The highest BCUT2D eigenvalue weighted by Crippen LogP contribution is 2.34. The topological polar surface area (TPSA) is 198 Å². The first-order chi connectivity index (χ1) is 23.2. The van der Waals surface area contributed by atoms with Gasteiger partial charge in [-0.25, -0.2) is 9.97 Å². The number of amides is 1. The number of hydrogen-bond acceptors (Lipinski definition) is 12. The Bertz CT molecular complexity index is 1880. The van der Waals surface area contributed by atoms with Gasteiger partial charge in [-0.15, -0.1) is 0 Å². The SMILES string of the molecule is N#Cc1ccc(CCNC(=O)[C@@H]2CCN2c2cc(N3CCC(CCNc4c(NCCS(=O)(=O)O)c(=O)c4=O)CC3)nc(C(F)(F)F)n2)cc1. The predicted molar refractivity (Wildman–Crippen MR) is 175 cm³/mol. The van der Waals surface area contributed by atoms with Gasteiger partial charge in [-0.05, 0) is 55.7 Å². The maximum Gasteiger partial charge on any atom is 0.451 e. The number of carbonyl (C=O) groups is 1. The highest BCUT2D eigenvalue weighted by atomic mass is 32.2. The summed E-state index contributed by atoms with van der Waals surface area (Å²) in [5.74, 6) is -1.92. The zero-order chi connectivity index (χ0) is 35.3. The van der Waals surface area contributed by atoms with Crippen molar-refractivity contribution in [3.63, 3.8) is 0 Å². The van der Waals surface area contributed by atoms with E-state index in [1.165, 1.54) is 6.07 Å². The molecule has 1 atom stereocenters. The standard InChI is InChI=1S/C31H35F3N8O6S/c32-31(33,34)30-39-23(17-24(40-30)42-15-9-22(42)29(45)38-11-6-19-1-3-21(18-35)4-2-19)41-13-7-20(8-14-41)5-10-36-25-26(28(44)27(25)43)37-12-16-49(46,47)48/h1-4,17,20,22,36-37H,5-16H2,(H,38,45)(H,46,47,48)/t22-/m0/s1. The van der Waals surface area contributed by atoms with Crippen molar-refractivity contribution < 1.29 is 30.9 Å². The normalized spacial score (nSPS) is 17.0. The minimum atomic E-state index is -4.80. The molecule has 0 saturated carbocycles. The second-order valence-corrected chi connectivity index (χ2v) is 13.6. The molecule has 0 spiro atoms. The fraction of sp³-hybridized carbons (Fsp3) is 0.484. The van der Waals surface area contributed by atoms with Crippen LogP contribution >= 0.6 is 0 Å². The van der Waals surface area contributed by atoms with Crippen molar-refractivity contribution in [2.45, 2.75) is 44.3 Å². The van der Waals surface area contributed by atoms with E-state index < -0.39 is 44.8 Å². The summed E-state index contributed by atoms with van der Waals surface area (Å²) in [6.07, 6.45) is -1.95. The number of hydrogen-bond donors (Lipinski definition) is 4. The van der Waals surface area contributed by atoms with Gasteiger partial charge in [0.25, 0.3) is 21.0 Å². The zero-order valence-corrected chi connectivity index (χ0v) is 27.1. The van der Waals surface area contributed by atoms with Crippen LogP contribution in [0, 0.1) is 17.2 Å². The molecule has 0 bridgehead atoms. The highest BCUT2D eigenvalue weighted by molar-refractivity contribution is 7.85. The highest BCUT2D eigenvalue weighted by Gasteiger charge is 2.40. The van der Waals surface area contributed by atoms with Crippen LogP contribution in [0.15, 0.2) is 39.9 Å². The Hall–Kier alpha value is -4.76. The number of rotatable bonds is 14. The van der Waals surface area contributed by atoms with Gasteiger partial charge in [0, 0.05) is 45.3 Å². The predicted octanol–water partition coefficient (Wildman–Crippen LogP) is 1.92. The number of alkyl halides is 3. The fourth-order valence-corrected chi connectivity index (χ4v) is 6.23. The number of nitrogens with zero attached hydrogens (tertiary/aromatic N) is 5. The van der Waals surface area contributed by atoms with Crippen molar-refractivity contribution in [1.29, 1.82) is 5.26 Å². The molecular weight excluding hydrogens is 669 g/mol. The number of halogens is 3. The van der Waals surface area contributed by atoms with Gasteiger partial charge in [-0.3, -0.25) is 18.9 Å². The molecule has 2 saturated heterocycles. The van der Waals surface area contributed by atoms with Crippen LogP contribution in [-0.4, -0.2) is 79.9 Å². The number of nitrogens with one attached hydrogen (secondary N) is 3. The second kappa shape index (κ2) is 14.8. The molecular formula is C31H35F3N8O6S. The number of benzene rings is 1. The molecule has 4 N–H and O–H groups in total. The Morgan fingerprint density at radius 1 is 0.959 bits per heavy atom. The molecule has 2 aliphatic heterocycles. The number of carbonyl (C=O) groups excluding carboxylic acids is 1. The molecule has 5 rings (SSSR count). The molecule has 49 heavy (non-hydrogen) atoms. The van der Waals surface area contributed by atoms with Crippen LogP contribution in [0.2, 0.25) is 0 Å². The molecule has 14 nitrogen and oxygen atoms in total. The molecule has 1 amide bonds. The van der Waals surface area contributed by atoms with E-state index in [0.29, 0.717) is 70.4 Å². The maximum absolute atomic E-state index is 13.9. The molecule has 2 aromatic carbocycles. The number of anilines is 4. The number of piperidine rings is 1. The summed E-state index contributed by atoms with van der Waals surface area (Å²) < 4.78 is 72.3. The third-order valence-corrected chi connectivity index (χ3v) is 9.45. The zero-order valence-electron chi connectivity index (χ0n) is 26.3. The summed E-state index contributed by atoms with van der Waals surface area (Å²) in [6, 6.07) is 9.83. The summed E-state index contributed by atoms with van der Waals surface area (Å²) in [5, 5.41) is 17.2. The monoisotopic (exact) mass is 704 g/mol. The van der Waals surface area contributed by atoms with Gasteiger partial charge in [-0.1, -0.05) is 12.1 Å².